The van der Waals surface area contributed by atoms with Gasteiger partial charge in [0.15, 0.2) is 0 Å². The summed E-state index contributed by atoms with van der Waals surface area (Å²) < 4.78 is 2.79. The third-order valence-electron chi connectivity index (χ3n) is 0.437. The molecule has 0 bridgehead atoms. The quantitative estimate of drug-likeness (QED) is 0.438. The second-order valence-electron chi connectivity index (χ2n) is 0.949. The first-order chi connectivity index (χ1) is 3.91. The Labute approximate surface area is 62.9 Å². The van der Waals surface area contributed by atoms with E-state index in [1.807, 2.05) is 22.9 Å². The Morgan fingerprint density at radius 1 is 1.62 bits per heavy atom. The molecule has 0 atom stereocenters. The van der Waals surface area contributed by atoms with E-state index in [1.54, 1.807) is 18.5 Å². The first-order valence-electron chi connectivity index (χ1n) is 2.07. The number of nitrogens with zero attached hydrogens (tertiary/aromatic N) is 1. The van der Waals surface area contributed by atoms with Gasteiger partial charge in [-0.25, -0.2) is 0 Å². The van der Waals surface area contributed by atoms with E-state index < -0.39 is 0 Å². The van der Waals surface area contributed by atoms with Gasteiger partial charge < -0.3 is 3.53 Å². The molecule has 0 aliphatic carbocycles. The molecule has 0 spiro atoms. The van der Waals surface area contributed by atoms with E-state index in [0.29, 0.717) is 0 Å². The van der Waals surface area contributed by atoms with Gasteiger partial charge in [-0.3, -0.25) is 4.99 Å². The van der Waals surface area contributed by atoms with Crippen molar-refractivity contribution in [3.05, 3.63) is 25.1 Å². The summed E-state index contributed by atoms with van der Waals surface area (Å²) in [6, 6.07) is 0. The van der Waals surface area contributed by atoms with E-state index in [2.05, 4.69) is 15.1 Å². The van der Waals surface area contributed by atoms with E-state index in [4.69, 9.17) is 0 Å². The lowest BCUT2D eigenvalue weighted by Crippen LogP contribution is -1.77. The SMILES string of the molecule is C=C/N=C\C=C/NI. The third kappa shape index (κ3) is 5.68. The van der Waals surface area contributed by atoms with Gasteiger partial charge in [0.25, 0.3) is 0 Å². The molecule has 0 fully saturated rings. The average Bonchev–Trinajstić information content (AvgIpc) is 1.81. The number of rotatable bonds is 3. The van der Waals surface area contributed by atoms with Crippen LogP contribution in [0.4, 0.5) is 0 Å². The summed E-state index contributed by atoms with van der Waals surface area (Å²) in [4.78, 5) is 3.72. The molecule has 8 heavy (non-hydrogen) atoms. The summed E-state index contributed by atoms with van der Waals surface area (Å²) in [5.41, 5.74) is 0. The molecule has 3 heteroatoms. The molecule has 0 aromatic carbocycles. The molecule has 0 unspecified atom stereocenters. The van der Waals surface area contributed by atoms with Crippen LogP contribution in [0.1, 0.15) is 0 Å². The minimum absolute atomic E-state index is 1.48. The van der Waals surface area contributed by atoms with Crippen molar-refractivity contribution in [2.45, 2.75) is 0 Å². The molecule has 0 saturated carbocycles. The number of aliphatic imine (C=N–C) groups is 1. The third-order valence-corrected chi connectivity index (χ3v) is 0.796. The van der Waals surface area contributed by atoms with Crippen molar-refractivity contribution in [2.24, 2.45) is 4.99 Å². The standard InChI is InChI=1S/C5H7IN2/c1-2-7-4-3-5-8-6/h2-5,8H,1H2/b5-3-,7-4-. The van der Waals surface area contributed by atoms with Gasteiger partial charge in [-0.1, -0.05) is 6.58 Å². The monoisotopic (exact) mass is 222 g/mol. The summed E-state index contributed by atoms with van der Waals surface area (Å²) in [5, 5.41) is 0. The molecule has 1 N–H and O–H groups in total. The molecule has 0 rings (SSSR count). The Bertz CT molecular complexity index is 107. The molecule has 44 valence electrons. The highest BCUT2D eigenvalue weighted by Gasteiger charge is 1.58. The lowest BCUT2D eigenvalue weighted by molar-refractivity contribution is 1.50. The van der Waals surface area contributed by atoms with Crippen LogP contribution in [-0.4, -0.2) is 6.21 Å². The van der Waals surface area contributed by atoms with Crippen LogP contribution in [0.25, 0.3) is 0 Å². The summed E-state index contributed by atoms with van der Waals surface area (Å²) in [6.45, 7) is 3.40. The Hall–Kier alpha value is -0.320. The maximum Gasteiger partial charge on any atom is 0.0555 e. The molecule has 0 aromatic heterocycles. The fraction of sp³-hybridized carbons (Fsp3) is 0. The highest BCUT2D eigenvalue weighted by molar-refractivity contribution is 14.1. The summed E-state index contributed by atoms with van der Waals surface area (Å²) in [5.74, 6) is 0. The molecule has 0 aromatic rings. The first kappa shape index (κ1) is 7.68. The highest BCUT2D eigenvalue weighted by Crippen LogP contribution is 1.70. The van der Waals surface area contributed by atoms with Crippen LogP contribution in [0.2, 0.25) is 0 Å². The summed E-state index contributed by atoms with van der Waals surface area (Å²) in [6.07, 6.45) is 6.69. The Balaban J connectivity index is 3.26. The maximum atomic E-state index is 3.72. The van der Waals surface area contributed by atoms with Crippen molar-refractivity contribution in [2.75, 3.05) is 0 Å². The van der Waals surface area contributed by atoms with Gasteiger partial charge in [0.2, 0.25) is 0 Å². The van der Waals surface area contributed by atoms with Crippen LogP contribution in [0, 0.1) is 0 Å². The smallest absolute Gasteiger partial charge is 0.0555 e. The molecular weight excluding hydrogens is 215 g/mol. The zero-order valence-corrected chi connectivity index (χ0v) is 6.50. The van der Waals surface area contributed by atoms with E-state index in [9.17, 15) is 0 Å². The lowest BCUT2D eigenvalue weighted by Gasteiger charge is -1.75. The number of nitrogens with one attached hydrogen (secondary N) is 1. The lowest BCUT2D eigenvalue weighted by atomic mass is 10.7. The minimum atomic E-state index is 1.48. The van der Waals surface area contributed by atoms with Crippen molar-refractivity contribution in [1.29, 1.82) is 0 Å². The van der Waals surface area contributed by atoms with Crippen LogP contribution in [0.5, 0.6) is 0 Å². The van der Waals surface area contributed by atoms with Crippen molar-refractivity contribution < 1.29 is 0 Å². The molecule has 2 nitrogen and oxygen atoms in total. The van der Waals surface area contributed by atoms with E-state index in [1.165, 1.54) is 6.20 Å². The van der Waals surface area contributed by atoms with Crippen molar-refractivity contribution >= 4 is 29.1 Å². The van der Waals surface area contributed by atoms with Gasteiger partial charge in [-0.2, -0.15) is 0 Å². The Morgan fingerprint density at radius 3 is 2.88 bits per heavy atom. The predicted molar refractivity (Wildman–Crippen MR) is 45.0 cm³/mol. The second-order valence-corrected chi connectivity index (χ2v) is 1.57. The van der Waals surface area contributed by atoms with Crippen LogP contribution < -0.4 is 3.53 Å². The molecular formula is C5H7IN2. The maximum absolute atomic E-state index is 3.72. The second kappa shape index (κ2) is 6.68. The zero-order valence-electron chi connectivity index (χ0n) is 4.34. The van der Waals surface area contributed by atoms with Crippen molar-refractivity contribution in [3.8, 4) is 0 Å². The van der Waals surface area contributed by atoms with Crippen molar-refractivity contribution in [3.63, 3.8) is 0 Å². The first-order valence-corrected chi connectivity index (χ1v) is 3.15. The molecule has 0 radical (unpaired) electrons. The minimum Gasteiger partial charge on any atom is -0.335 e. The average molecular weight is 222 g/mol. The zero-order chi connectivity index (χ0) is 6.24. The van der Waals surface area contributed by atoms with Gasteiger partial charge in [0.05, 0.1) is 22.9 Å². The number of hydrogen-bond donors (Lipinski definition) is 1. The van der Waals surface area contributed by atoms with Crippen LogP contribution in [0.15, 0.2) is 30.0 Å². The largest absolute Gasteiger partial charge is 0.335 e. The van der Waals surface area contributed by atoms with Crippen LogP contribution in [0.3, 0.4) is 0 Å². The number of hydrogen-bond acceptors (Lipinski definition) is 2. The topological polar surface area (TPSA) is 24.4 Å². The van der Waals surface area contributed by atoms with Crippen molar-refractivity contribution in [1.82, 2.24) is 3.53 Å². The summed E-state index contributed by atoms with van der Waals surface area (Å²) >= 11 is 2.01. The normalized spacial score (nSPS) is 10.6. The fourth-order valence-electron chi connectivity index (χ4n) is 0.190. The van der Waals surface area contributed by atoms with Gasteiger partial charge in [0, 0.05) is 18.6 Å². The van der Waals surface area contributed by atoms with E-state index in [0.717, 1.165) is 0 Å². The number of halogens is 1. The van der Waals surface area contributed by atoms with E-state index in [-0.39, 0.29) is 0 Å². The van der Waals surface area contributed by atoms with Gasteiger partial charge in [0.1, 0.15) is 0 Å². The number of allylic oxidation sites excluding steroid dienone is 1. The summed E-state index contributed by atoms with van der Waals surface area (Å²) in [7, 11) is 0. The molecule has 0 amide bonds. The Morgan fingerprint density at radius 2 is 2.38 bits per heavy atom. The van der Waals surface area contributed by atoms with Crippen LogP contribution in [-0.2, 0) is 0 Å². The van der Waals surface area contributed by atoms with Crippen LogP contribution >= 0.6 is 22.9 Å². The van der Waals surface area contributed by atoms with E-state index >= 15 is 0 Å². The molecule has 0 saturated heterocycles. The Kier molecular flexibility index (Phi) is 6.41. The molecule has 0 aliphatic heterocycles. The predicted octanol–water partition coefficient (Wildman–Crippen LogP) is 1.65. The van der Waals surface area contributed by atoms with Gasteiger partial charge in [-0.05, 0) is 6.08 Å². The highest BCUT2D eigenvalue weighted by atomic mass is 127. The van der Waals surface area contributed by atoms with Gasteiger partial charge in [-0.15, -0.1) is 0 Å². The molecule has 0 heterocycles. The van der Waals surface area contributed by atoms with Gasteiger partial charge >= 0.3 is 0 Å². The molecule has 0 aliphatic rings. The fourth-order valence-corrected chi connectivity index (χ4v) is 0.398.